The number of nitrogens with one attached hydrogen (secondary N) is 1. The molecule has 5 rings (SSSR count). The summed E-state index contributed by atoms with van der Waals surface area (Å²) in [6.45, 7) is 0. The lowest BCUT2D eigenvalue weighted by Crippen LogP contribution is -2.25. The number of nitrogens with zero attached hydrogens (tertiary/aromatic N) is 4. The predicted molar refractivity (Wildman–Crippen MR) is 130 cm³/mol. The van der Waals surface area contributed by atoms with Gasteiger partial charge in [0.05, 0.1) is 16.8 Å². The lowest BCUT2D eigenvalue weighted by molar-refractivity contribution is 0.0998. The zero-order valence-corrected chi connectivity index (χ0v) is 19.4. The van der Waals surface area contributed by atoms with Gasteiger partial charge in [-0.3, -0.25) is 4.79 Å². The number of fused-ring (bicyclic) bond motifs is 2. The van der Waals surface area contributed by atoms with Crippen LogP contribution in [0, 0.1) is 0 Å². The minimum Gasteiger partial charge on any atom is -0.397 e. The van der Waals surface area contributed by atoms with Crippen LogP contribution in [0.3, 0.4) is 0 Å². The Bertz CT molecular complexity index is 1340. The standard InChI is InChI=1S/C23H19N5O3S2/c1-27-18-12-13-32-20(18)22(29)28(2)19-14-24-23(26-21(19)27)25-15-8-10-17(11-9-15)33(30)31-16-6-4-3-5-7-16/h3-14H,1-2H3,(H,24,25,26). The summed E-state index contributed by atoms with van der Waals surface area (Å²) in [5.74, 6) is 1.46. The van der Waals surface area contributed by atoms with Gasteiger partial charge in [-0.25, -0.2) is 9.19 Å². The van der Waals surface area contributed by atoms with Gasteiger partial charge in [-0.05, 0) is 47.8 Å². The summed E-state index contributed by atoms with van der Waals surface area (Å²) in [6.07, 6.45) is 1.63. The zero-order valence-electron chi connectivity index (χ0n) is 17.8. The van der Waals surface area contributed by atoms with Crippen LogP contribution in [0.4, 0.5) is 28.8 Å². The van der Waals surface area contributed by atoms with Gasteiger partial charge in [0.2, 0.25) is 17.0 Å². The molecule has 0 bridgehead atoms. The van der Waals surface area contributed by atoms with Crippen LogP contribution < -0.4 is 19.3 Å². The van der Waals surface area contributed by atoms with Gasteiger partial charge < -0.3 is 19.3 Å². The molecule has 0 fully saturated rings. The van der Waals surface area contributed by atoms with E-state index in [0.29, 0.717) is 33.0 Å². The molecule has 0 radical (unpaired) electrons. The van der Waals surface area contributed by atoms with Crippen LogP contribution >= 0.6 is 11.3 Å². The van der Waals surface area contributed by atoms with Gasteiger partial charge in [-0.15, -0.1) is 11.3 Å². The molecule has 1 aliphatic heterocycles. The molecular formula is C23H19N5O3S2. The average molecular weight is 478 g/mol. The fourth-order valence-corrected chi connectivity index (χ4v) is 5.04. The topological polar surface area (TPSA) is 87.7 Å². The van der Waals surface area contributed by atoms with Crippen molar-refractivity contribution in [3.05, 3.63) is 77.1 Å². The maximum absolute atomic E-state index is 12.8. The second kappa shape index (κ2) is 8.64. The number of carbonyl (C=O) groups excluding carboxylic acids is 1. The molecule has 1 unspecified atom stereocenters. The van der Waals surface area contributed by atoms with E-state index < -0.39 is 11.1 Å². The number of anilines is 5. The number of thiophene rings is 1. The number of aromatic nitrogens is 2. The van der Waals surface area contributed by atoms with Crippen molar-refractivity contribution in [1.29, 1.82) is 0 Å². The SMILES string of the molecule is CN1C(=O)c2sccc2N(C)c2nc(Nc3ccc(S(=O)Oc4ccccc4)cc3)ncc21. The number of hydrogen-bond acceptors (Lipinski definition) is 8. The highest BCUT2D eigenvalue weighted by molar-refractivity contribution is 7.80. The van der Waals surface area contributed by atoms with Crippen molar-refractivity contribution in [3.63, 3.8) is 0 Å². The molecule has 33 heavy (non-hydrogen) atoms. The van der Waals surface area contributed by atoms with E-state index in [9.17, 15) is 9.00 Å². The Morgan fingerprint density at radius 2 is 1.73 bits per heavy atom. The maximum Gasteiger partial charge on any atom is 0.270 e. The Balaban J connectivity index is 1.36. The zero-order chi connectivity index (χ0) is 22.9. The van der Waals surface area contributed by atoms with E-state index in [4.69, 9.17) is 4.18 Å². The summed E-state index contributed by atoms with van der Waals surface area (Å²) in [4.78, 5) is 26.5. The minimum absolute atomic E-state index is 0.0868. The Labute approximate surface area is 197 Å². The number of benzene rings is 2. The summed E-state index contributed by atoms with van der Waals surface area (Å²) in [7, 11) is 3.60. The Morgan fingerprint density at radius 1 is 0.970 bits per heavy atom. The van der Waals surface area contributed by atoms with Crippen molar-refractivity contribution in [1.82, 2.24) is 9.97 Å². The van der Waals surface area contributed by atoms with Crippen LogP contribution in [0.1, 0.15) is 9.67 Å². The van der Waals surface area contributed by atoms with Crippen molar-refractivity contribution < 1.29 is 13.2 Å². The van der Waals surface area contributed by atoms with Crippen LogP contribution in [0.5, 0.6) is 5.75 Å². The van der Waals surface area contributed by atoms with E-state index in [1.54, 1.807) is 54.5 Å². The summed E-state index contributed by atoms with van der Waals surface area (Å²) < 4.78 is 17.9. The van der Waals surface area contributed by atoms with Crippen LogP contribution in [-0.4, -0.2) is 34.2 Å². The molecule has 1 aliphatic rings. The molecule has 0 saturated carbocycles. The molecule has 8 nitrogen and oxygen atoms in total. The van der Waals surface area contributed by atoms with E-state index in [1.807, 2.05) is 41.6 Å². The molecule has 10 heteroatoms. The van der Waals surface area contributed by atoms with Gasteiger partial charge >= 0.3 is 0 Å². The lowest BCUT2D eigenvalue weighted by Gasteiger charge is -2.20. The van der Waals surface area contributed by atoms with E-state index in [0.717, 1.165) is 11.4 Å². The molecule has 0 aliphatic carbocycles. The van der Waals surface area contributed by atoms with E-state index in [-0.39, 0.29) is 5.91 Å². The van der Waals surface area contributed by atoms with Gasteiger partial charge in [-0.1, -0.05) is 18.2 Å². The average Bonchev–Trinajstić information content (AvgIpc) is 3.31. The second-order valence-electron chi connectivity index (χ2n) is 7.24. The Hall–Kier alpha value is -3.76. The fraction of sp³-hybridized carbons (Fsp3) is 0.0870. The molecule has 3 heterocycles. The summed E-state index contributed by atoms with van der Waals surface area (Å²) >= 11 is -0.221. The Morgan fingerprint density at radius 3 is 2.48 bits per heavy atom. The van der Waals surface area contributed by atoms with Crippen LogP contribution in [0.2, 0.25) is 0 Å². The van der Waals surface area contributed by atoms with Crippen LogP contribution in [0.25, 0.3) is 0 Å². The van der Waals surface area contributed by atoms with Crippen molar-refractivity contribution >= 4 is 57.2 Å². The molecule has 1 amide bonds. The van der Waals surface area contributed by atoms with E-state index >= 15 is 0 Å². The third kappa shape index (κ3) is 4.06. The first-order valence-electron chi connectivity index (χ1n) is 10.00. The van der Waals surface area contributed by atoms with E-state index in [2.05, 4.69) is 15.3 Å². The molecule has 4 aromatic rings. The van der Waals surface area contributed by atoms with Crippen molar-refractivity contribution in [2.75, 3.05) is 29.2 Å². The number of amides is 1. The van der Waals surface area contributed by atoms with Crippen molar-refractivity contribution in [2.24, 2.45) is 0 Å². The maximum atomic E-state index is 12.8. The molecule has 1 atom stereocenters. The monoisotopic (exact) mass is 477 g/mol. The highest BCUT2D eigenvalue weighted by atomic mass is 32.2. The number of hydrogen-bond donors (Lipinski definition) is 1. The summed E-state index contributed by atoms with van der Waals surface area (Å²) in [5.41, 5.74) is 2.16. The molecule has 0 saturated heterocycles. The van der Waals surface area contributed by atoms with Gasteiger partial charge in [0.15, 0.2) is 5.82 Å². The van der Waals surface area contributed by atoms with Crippen molar-refractivity contribution in [2.45, 2.75) is 4.90 Å². The second-order valence-corrected chi connectivity index (χ2v) is 9.26. The molecule has 1 N–H and O–H groups in total. The van der Waals surface area contributed by atoms with Gasteiger partial charge in [-0.2, -0.15) is 4.98 Å². The smallest absolute Gasteiger partial charge is 0.270 e. The van der Waals surface area contributed by atoms with Crippen LogP contribution in [0.15, 0.2) is 77.1 Å². The largest absolute Gasteiger partial charge is 0.397 e. The summed E-state index contributed by atoms with van der Waals surface area (Å²) in [5, 5.41) is 5.06. The first-order valence-corrected chi connectivity index (χ1v) is 12.0. The van der Waals surface area contributed by atoms with E-state index in [1.165, 1.54) is 11.3 Å². The highest BCUT2D eigenvalue weighted by Gasteiger charge is 2.30. The quantitative estimate of drug-likeness (QED) is 0.444. The van der Waals surface area contributed by atoms with Crippen molar-refractivity contribution in [3.8, 4) is 5.75 Å². The molecule has 166 valence electrons. The first-order chi connectivity index (χ1) is 16.0. The first kappa shape index (κ1) is 21.1. The third-order valence-electron chi connectivity index (χ3n) is 5.15. The highest BCUT2D eigenvalue weighted by Crippen LogP contribution is 2.40. The molecule has 0 spiro atoms. The fourth-order valence-electron chi connectivity index (χ4n) is 3.40. The van der Waals surface area contributed by atoms with Gasteiger partial charge in [0.25, 0.3) is 5.91 Å². The number of para-hydroxylation sites is 1. The Kier molecular flexibility index (Phi) is 5.53. The summed E-state index contributed by atoms with van der Waals surface area (Å²) in [6, 6.07) is 18.0. The third-order valence-corrected chi connectivity index (χ3v) is 7.04. The van der Waals surface area contributed by atoms with Crippen LogP contribution in [-0.2, 0) is 11.1 Å². The van der Waals surface area contributed by atoms with Gasteiger partial charge in [0, 0.05) is 19.8 Å². The normalized spacial score (nSPS) is 13.7. The van der Waals surface area contributed by atoms with Gasteiger partial charge in [0.1, 0.15) is 16.3 Å². The number of carbonyl (C=O) groups is 1. The number of rotatable bonds is 5. The minimum atomic E-state index is -1.62. The lowest BCUT2D eigenvalue weighted by atomic mass is 10.3. The molecule has 2 aromatic heterocycles. The molecular weight excluding hydrogens is 458 g/mol. The molecule has 2 aromatic carbocycles. The predicted octanol–water partition coefficient (Wildman–Crippen LogP) is 4.74.